The van der Waals surface area contributed by atoms with Crippen molar-refractivity contribution in [3.8, 4) is 0 Å². The summed E-state index contributed by atoms with van der Waals surface area (Å²) in [6.07, 6.45) is 0. The van der Waals surface area contributed by atoms with Crippen molar-refractivity contribution < 1.29 is 18.4 Å². The Labute approximate surface area is 134 Å². The lowest BCUT2D eigenvalue weighted by molar-refractivity contribution is 0.0788. The van der Waals surface area contributed by atoms with Crippen molar-refractivity contribution in [2.24, 2.45) is 0 Å². The van der Waals surface area contributed by atoms with Crippen LogP contribution in [0.5, 0.6) is 0 Å². The minimum Gasteiger partial charge on any atom is -0.303 e. The lowest BCUT2D eigenvalue weighted by atomic mass is 10.1. The molecule has 0 bridgehead atoms. The maximum Gasteiger partial charge on any atom is 0.342 e. The summed E-state index contributed by atoms with van der Waals surface area (Å²) in [5.41, 5.74) is 1.75. The molecule has 0 aromatic heterocycles. The molecular weight excluding hydrogens is 328 g/mol. The number of anilines is 1. The van der Waals surface area contributed by atoms with Crippen LogP contribution in [0.4, 0.5) is 19.3 Å². The second-order valence-electron chi connectivity index (χ2n) is 4.79. The second kappa shape index (κ2) is 5.85. The SMILES string of the molecule is O=C1NN(C(=O)Nc2cc(F)ccc2F)C(Cl)c2ccccc21. The number of nitrogens with zero attached hydrogens (tertiary/aromatic N) is 1. The normalized spacial score (nSPS) is 16.6. The summed E-state index contributed by atoms with van der Waals surface area (Å²) in [5.74, 6) is -2.04. The summed E-state index contributed by atoms with van der Waals surface area (Å²) < 4.78 is 26.7. The number of fused-ring (bicyclic) bond motifs is 1. The molecule has 5 nitrogen and oxygen atoms in total. The number of nitrogens with one attached hydrogen (secondary N) is 2. The first-order valence-electron chi connectivity index (χ1n) is 6.56. The van der Waals surface area contributed by atoms with Crippen LogP contribution >= 0.6 is 11.6 Å². The van der Waals surface area contributed by atoms with Gasteiger partial charge in [0.2, 0.25) is 0 Å². The molecule has 23 heavy (non-hydrogen) atoms. The van der Waals surface area contributed by atoms with Gasteiger partial charge in [0, 0.05) is 17.2 Å². The molecule has 2 aromatic rings. The van der Waals surface area contributed by atoms with Gasteiger partial charge in [-0.25, -0.2) is 18.6 Å². The number of rotatable bonds is 1. The lowest BCUT2D eigenvalue weighted by Crippen LogP contribution is -2.52. The molecule has 0 spiro atoms. The van der Waals surface area contributed by atoms with Gasteiger partial charge < -0.3 is 5.32 Å². The fourth-order valence-corrected chi connectivity index (χ4v) is 2.53. The van der Waals surface area contributed by atoms with E-state index >= 15 is 0 Å². The number of alkyl halides is 1. The van der Waals surface area contributed by atoms with Crippen molar-refractivity contribution in [1.82, 2.24) is 10.4 Å². The highest BCUT2D eigenvalue weighted by molar-refractivity contribution is 6.23. The van der Waals surface area contributed by atoms with E-state index in [-0.39, 0.29) is 5.69 Å². The molecule has 3 amide bonds. The molecule has 1 unspecified atom stereocenters. The molecule has 1 aliphatic heterocycles. The largest absolute Gasteiger partial charge is 0.342 e. The minimum absolute atomic E-state index is 0.341. The predicted molar refractivity (Wildman–Crippen MR) is 79.7 cm³/mol. The van der Waals surface area contributed by atoms with Gasteiger partial charge in [-0.3, -0.25) is 10.2 Å². The van der Waals surface area contributed by atoms with Gasteiger partial charge in [0.15, 0.2) is 5.50 Å². The Morgan fingerprint density at radius 3 is 2.74 bits per heavy atom. The van der Waals surface area contributed by atoms with Crippen LogP contribution in [0.15, 0.2) is 42.5 Å². The zero-order valence-corrected chi connectivity index (χ0v) is 12.3. The van der Waals surface area contributed by atoms with Gasteiger partial charge in [0.05, 0.1) is 5.69 Å². The molecule has 1 atom stereocenters. The van der Waals surface area contributed by atoms with Crippen LogP contribution in [0.25, 0.3) is 0 Å². The first kappa shape index (κ1) is 15.2. The van der Waals surface area contributed by atoms with Crippen LogP contribution in [0.1, 0.15) is 21.4 Å². The van der Waals surface area contributed by atoms with Crippen LogP contribution in [0, 0.1) is 11.6 Å². The molecule has 0 aliphatic carbocycles. The Bertz CT molecular complexity index is 800. The third-order valence-electron chi connectivity index (χ3n) is 3.30. The van der Waals surface area contributed by atoms with E-state index in [0.717, 1.165) is 23.2 Å². The number of halogens is 3. The topological polar surface area (TPSA) is 61.4 Å². The molecule has 0 fully saturated rings. The van der Waals surface area contributed by atoms with Crippen molar-refractivity contribution >= 4 is 29.2 Å². The van der Waals surface area contributed by atoms with Gasteiger partial charge >= 0.3 is 6.03 Å². The number of hydrogen-bond donors (Lipinski definition) is 2. The average Bonchev–Trinajstić information content (AvgIpc) is 2.54. The van der Waals surface area contributed by atoms with Crippen molar-refractivity contribution in [2.75, 3.05) is 5.32 Å². The Morgan fingerprint density at radius 1 is 1.22 bits per heavy atom. The van der Waals surface area contributed by atoms with E-state index in [1.807, 2.05) is 0 Å². The van der Waals surface area contributed by atoms with E-state index in [2.05, 4.69) is 10.7 Å². The monoisotopic (exact) mass is 337 g/mol. The summed E-state index contributed by atoms with van der Waals surface area (Å²) in [6, 6.07) is 8.26. The van der Waals surface area contributed by atoms with Crippen LogP contribution < -0.4 is 10.7 Å². The number of amides is 3. The molecule has 2 N–H and O–H groups in total. The van der Waals surface area contributed by atoms with E-state index in [1.165, 1.54) is 0 Å². The maximum absolute atomic E-state index is 13.6. The molecule has 1 heterocycles. The van der Waals surface area contributed by atoms with Crippen LogP contribution in [0.3, 0.4) is 0 Å². The van der Waals surface area contributed by atoms with Gasteiger partial charge in [-0.1, -0.05) is 29.8 Å². The Morgan fingerprint density at radius 2 is 1.96 bits per heavy atom. The molecule has 1 aliphatic rings. The summed E-state index contributed by atoms with van der Waals surface area (Å²) in [7, 11) is 0. The zero-order valence-electron chi connectivity index (χ0n) is 11.5. The van der Waals surface area contributed by atoms with Crippen molar-refractivity contribution in [3.63, 3.8) is 0 Å². The van der Waals surface area contributed by atoms with E-state index in [1.54, 1.807) is 24.3 Å². The third kappa shape index (κ3) is 2.83. The summed E-state index contributed by atoms with van der Waals surface area (Å²) >= 11 is 6.19. The van der Waals surface area contributed by atoms with E-state index in [0.29, 0.717) is 11.1 Å². The van der Waals surface area contributed by atoms with E-state index in [4.69, 9.17) is 11.6 Å². The molecule has 2 aromatic carbocycles. The second-order valence-corrected chi connectivity index (χ2v) is 5.20. The highest BCUT2D eigenvalue weighted by atomic mass is 35.5. The first-order valence-corrected chi connectivity index (χ1v) is 7.00. The fraction of sp³-hybridized carbons (Fsp3) is 0.0667. The Hall–Kier alpha value is -2.67. The Kier molecular flexibility index (Phi) is 3.87. The van der Waals surface area contributed by atoms with Gasteiger partial charge in [-0.2, -0.15) is 0 Å². The maximum atomic E-state index is 13.6. The summed E-state index contributed by atoms with van der Waals surface area (Å²) in [6.45, 7) is 0. The zero-order chi connectivity index (χ0) is 16.6. The molecule has 0 saturated carbocycles. The van der Waals surface area contributed by atoms with Crippen LogP contribution in [-0.2, 0) is 0 Å². The number of carbonyl (C=O) groups excluding carboxylic acids is 2. The quantitative estimate of drug-likeness (QED) is 0.619. The highest BCUT2D eigenvalue weighted by Crippen LogP contribution is 2.31. The number of carbonyl (C=O) groups is 2. The van der Waals surface area contributed by atoms with Gasteiger partial charge in [0.1, 0.15) is 11.6 Å². The van der Waals surface area contributed by atoms with Crippen molar-refractivity contribution in [3.05, 3.63) is 65.2 Å². The number of hydrazine groups is 1. The number of hydrogen-bond acceptors (Lipinski definition) is 2. The Balaban J connectivity index is 1.86. The molecule has 8 heteroatoms. The molecule has 0 saturated heterocycles. The van der Waals surface area contributed by atoms with Crippen LogP contribution in [-0.4, -0.2) is 16.9 Å². The highest BCUT2D eigenvalue weighted by Gasteiger charge is 2.33. The minimum atomic E-state index is -0.986. The average molecular weight is 338 g/mol. The van der Waals surface area contributed by atoms with Crippen LogP contribution in [0.2, 0.25) is 0 Å². The van der Waals surface area contributed by atoms with Crippen molar-refractivity contribution in [1.29, 1.82) is 0 Å². The molecule has 3 rings (SSSR count). The third-order valence-corrected chi connectivity index (χ3v) is 3.73. The van der Waals surface area contributed by atoms with E-state index < -0.39 is 29.1 Å². The van der Waals surface area contributed by atoms with Gasteiger partial charge in [-0.05, 0) is 18.2 Å². The summed E-state index contributed by atoms with van der Waals surface area (Å²) in [5, 5.41) is 2.99. The number of urea groups is 1. The molecular formula is C15H10ClF2N3O2. The van der Waals surface area contributed by atoms with Crippen molar-refractivity contribution in [2.45, 2.75) is 5.50 Å². The fourth-order valence-electron chi connectivity index (χ4n) is 2.20. The lowest BCUT2D eigenvalue weighted by Gasteiger charge is -2.33. The van der Waals surface area contributed by atoms with Gasteiger partial charge in [0.25, 0.3) is 5.91 Å². The first-order chi connectivity index (χ1) is 11.0. The molecule has 118 valence electrons. The predicted octanol–water partition coefficient (Wildman–Crippen LogP) is 3.39. The summed E-state index contributed by atoms with van der Waals surface area (Å²) in [4.78, 5) is 24.2. The standard InChI is InChI=1S/C15H10ClF2N3O2/c16-13-9-3-1-2-4-10(9)14(22)20-21(13)15(23)19-12-7-8(17)5-6-11(12)18/h1-7,13H,(H,19,23)(H,20,22). The van der Waals surface area contributed by atoms with E-state index in [9.17, 15) is 18.4 Å². The van der Waals surface area contributed by atoms with Gasteiger partial charge in [-0.15, -0.1) is 0 Å². The number of benzene rings is 2. The smallest absolute Gasteiger partial charge is 0.303 e. The molecule has 0 radical (unpaired) electrons.